The van der Waals surface area contributed by atoms with Gasteiger partial charge in [0.05, 0.1) is 4.92 Å². The fourth-order valence-electron chi connectivity index (χ4n) is 1.63. The molecule has 20 heavy (non-hydrogen) atoms. The zero-order chi connectivity index (χ0) is 14.7. The summed E-state index contributed by atoms with van der Waals surface area (Å²) in [5.41, 5.74) is 5.66. The molecule has 0 radical (unpaired) electrons. The Balaban J connectivity index is 2.32. The minimum atomic E-state index is -0.682. The number of benzene rings is 2. The number of hydrogen-bond acceptors (Lipinski definition) is 5. The first kappa shape index (κ1) is 13.3. The van der Waals surface area contributed by atoms with Gasteiger partial charge in [0.15, 0.2) is 5.69 Å². The van der Waals surface area contributed by atoms with Crippen molar-refractivity contribution in [1.82, 2.24) is 0 Å². The molecule has 0 aliphatic rings. The summed E-state index contributed by atoms with van der Waals surface area (Å²) in [5.74, 6) is -0.947. The molecule has 0 saturated carbocycles. The number of phenols is 1. The topological polar surface area (TPSA) is 118 Å². The summed E-state index contributed by atoms with van der Waals surface area (Å²) in [4.78, 5) is 22.1. The van der Waals surface area contributed by atoms with E-state index in [1.54, 1.807) is 0 Å². The average Bonchev–Trinajstić information content (AvgIpc) is 2.41. The summed E-state index contributed by atoms with van der Waals surface area (Å²) < 4.78 is 0. The van der Waals surface area contributed by atoms with Gasteiger partial charge in [-0.15, -0.1) is 0 Å². The highest BCUT2D eigenvalue weighted by Gasteiger charge is 2.19. The lowest BCUT2D eigenvalue weighted by atomic mass is 10.2. The van der Waals surface area contributed by atoms with Crippen LogP contribution < -0.4 is 11.1 Å². The molecule has 0 aliphatic heterocycles. The van der Waals surface area contributed by atoms with Gasteiger partial charge in [-0.05, 0) is 30.3 Å². The van der Waals surface area contributed by atoms with Gasteiger partial charge >= 0.3 is 0 Å². The Morgan fingerprint density at radius 1 is 1.20 bits per heavy atom. The molecule has 2 aromatic rings. The van der Waals surface area contributed by atoms with Crippen LogP contribution in [0.3, 0.4) is 0 Å². The Bertz CT molecular complexity index is 668. The Kier molecular flexibility index (Phi) is 3.52. The molecule has 2 rings (SSSR count). The first-order valence-electron chi connectivity index (χ1n) is 5.62. The monoisotopic (exact) mass is 273 g/mol. The number of nitro benzene ring substituents is 1. The number of amides is 1. The Hall–Kier alpha value is -3.09. The molecule has 0 bridgehead atoms. The number of aromatic hydroxyl groups is 1. The van der Waals surface area contributed by atoms with Crippen LogP contribution >= 0.6 is 0 Å². The van der Waals surface area contributed by atoms with Crippen molar-refractivity contribution in [1.29, 1.82) is 0 Å². The molecule has 0 saturated heterocycles. The SMILES string of the molecule is Nc1ccc(C(=O)Nc2c(O)cccc2[N+](=O)[O-])cc1. The van der Waals surface area contributed by atoms with Crippen molar-refractivity contribution in [2.24, 2.45) is 0 Å². The molecule has 0 spiro atoms. The molecule has 0 aromatic heterocycles. The van der Waals surface area contributed by atoms with E-state index >= 15 is 0 Å². The molecule has 2 aromatic carbocycles. The van der Waals surface area contributed by atoms with Crippen LogP contribution in [0, 0.1) is 10.1 Å². The number of hydrogen-bond donors (Lipinski definition) is 3. The van der Waals surface area contributed by atoms with Gasteiger partial charge in [0.1, 0.15) is 5.75 Å². The minimum absolute atomic E-state index is 0.237. The third-order valence-corrected chi connectivity index (χ3v) is 2.63. The number of carbonyl (C=O) groups is 1. The van der Waals surface area contributed by atoms with Crippen LogP contribution in [0.5, 0.6) is 5.75 Å². The van der Waals surface area contributed by atoms with Crippen LogP contribution in [-0.2, 0) is 0 Å². The van der Waals surface area contributed by atoms with E-state index in [0.29, 0.717) is 5.69 Å². The van der Waals surface area contributed by atoms with Crippen LogP contribution in [0.4, 0.5) is 17.1 Å². The predicted molar refractivity (Wildman–Crippen MR) is 73.6 cm³/mol. The summed E-state index contributed by atoms with van der Waals surface area (Å²) in [7, 11) is 0. The van der Waals surface area contributed by atoms with Gasteiger partial charge in [-0.2, -0.15) is 0 Å². The van der Waals surface area contributed by atoms with E-state index < -0.39 is 10.8 Å². The average molecular weight is 273 g/mol. The van der Waals surface area contributed by atoms with Crippen LogP contribution in [0.15, 0.2) is 42.5 Å². The highest BCUT2D eigenvalue weighted by Crippen LogP contribution is 2.33. The standard InChI is InChI=1S/C13H11N3O4/c14-9-6-4-8(5-7-9)13(18)15-12-10(16(19)20)2-1-3-11(12)17/h1-7,17H,14H2,(H,15,18). The molecule has 1 amide bonds. The van der Waals surface area contributed by atoms with Crippen molar-refractivity contribution in [3.63, 3.8) is 0 Å². The predicted octanol–water partition coefficient (Wildman–Crippen LogP) is 2.13. The van der Waals surface area contributed by atoms with E-state index in [4.69, 9.17) is 5.73 Å². The molecule has 102 valence electrons. The number of nitrogens with one attached hydrogen (secondary N) is 1. The largest absolute Gasteiger partial charge is 0.505 e. The number of nitro groups is 1. The molecule has 4 N–H and O–H groups in total. The van der Waals surface area contributed by atoms with Gasteiger partial charge in [0.2, 0.25) is 0 Å². The number of nitrogen functional groups attached to an aromatic ring is 1. The lowest BCUT2D eigenvalue weighted by Gasteiger charge is -2.08. The molecule has 7 nitrogen and oxygen atoms in total. The minimum Gasteiger partial charge on any atom is -0.505 e. The molecular formula is C13H11N3O4. The molecular weight excluding hydrogens is 262 g/mol. The number of phenolic OH excluding ortho intramolecular Hbond substituents is 1. The lowest BCUT2D eigenvalue weighted by molar-refractivity contribution is -0.384. The fourth-order valence-corrected chi connectivity index (χ4v) is 1.63. The third kappa shape index (κ3) is 2.66. The number of carbonyl (C=O) groups excluding carboxylic acids is 1. The van der Waals surface area contributed by atoms with Crippen LogP contribution in [0.2, 0.25) is 0 Å². The molecule has 0 heterocycles. The van der Waals surface area contributed by atoms with E-state index in [1.165, 1.54) is 42.5 Å². The van der Waals surface area contributed by atoms with Crippen molar-refractivity contribution >= 4 is 23.0 Å². The third-order valence-electron chi connectivity index (χ3n) is 2.63. The zero-order valence-electron chi connectivity index (χ0n) is 10.2. The summed E-state index contributed by atoms with van der Waals surface area (Å²) in [5, 5.41) is 22.8. The number of nitrogens with zero attached hydrogens (tertiary/aromatic N) is 1. The Morgan fingerprint density at radius 3 is 2.45 bits per heavy atom. The quantitative estimate of drug-likeness (QED) is 0.342. The van der Waals surface area contributed by atoms with Crippen LogP contribution in [0.25, 0.3) is 0 Å². The Morgan fingerprint density at radius 2 is 1.85 bits per heavy atom. The summed E-state index contributed by atoms with van der Waals surface area (Å²) in [6.45, 7) is 0. The summed E-state index contributed by atoms with van der Waals surface area (Å²) in [6.07, 6.45) is 0. The highest BCUT2D eigenvalue weighted by atomic mass is 16.6. The van der Waals surface area contributed by atoms with Gasteiger partial charge in [-0.1, -0.05) is 6.07 Å². The fraction of sp³-hybridized carbons (Fsp3) is 0. The van der Waals surface area contributed by atoms with Crippen molar-refractivity contribution in [2.75, 3.05) is 11.1 Å². The maximum Gasteiger partial charge on any atom is 0.296 e. The molecule has 0 atom stereocenters. The maximum atomic E-state index is 12.0. The van der Waals surface area contributed by atoms with Gasteiger partial charge in [0, 0.05) is 17.3 Å². The van der Waals surface area contributed by atoms with Crippen molar-refractivity contribution in [3.05, 3.63) is 58.1 Å². The second-order valence-electron chi connectivity index (χ2n) is 4.00. The van der Waals surface area contributed by atoms with Crippen molar-refractivity contribution in [3.8, 4) is 5.75 Å². The molecule has 0 aliphatic carbocycles. The van der Waals surface area contributed by atoms with Gasteiger partial charge in [0.25, 0.3) is 11.6 Å². The number of nitrogens with two attached hydrogens (primary N) is 1. The van der Waals surface area contributed by atoms with Gasteiger partial charge in [-0.3, -0.25) is 14.9 Å². The lowest BCUT2D eigenvalue weighted by Crippen LogP contribution is -2.13. The van der Waals surface area contributed by atoms with E-state index in [0.717, 1.165) is 0 Å². The Labute approximate surface area is 113 Å². The van der Waals surface area contributed by atoms with Gasteiger partial charge in [-0.25, -0.2) is 0 Å². The first-order chi connectivity index (χ1) is 9.49. The van der Waals surface area contributed by atoms with E-state index in [2.05, 4.69) is 5.32 Å². The smallest absolute Gasteiger partial charge is 0.296 e. The molecule has 0 fully saturated rings. The molecule has 7 heteroatoms. The van der Waals surface area contributed by atoms with Crippen molar-refractivity contribution in [2.45, 2.75) is 0 Å². The van der Waals surface area contributed by atoms with Gasteiger partial charge < -0.3 is 16.2 Å². The number of rotatable bonds is 3. The summed E-state index contributed by atoms with van der Waals surface area (Å²) >= 11 is 0. The second kappa shape index (κ2) is 5.27. The number of anilines is 2. The number of para-hydroxylation sites is 1. The normalized spacial score (nSPS) is 10.0. The first-order valence-corrected chi connectivity index (χ1v) is 5.62. The van der Waals surface area contributed by atoms with E-state index in [9.17, 15) is 20.0 Å². The van der Waals surface area contributed by atoms with Crippen LogP contribution in [0.1, 0.15) is 10.4 Å². The van der Waals surface area contributed by atoms with Crippen LogP contribution in [-0.4, -0.2) is 15.9 Å². The second-order valence-corrected chi connectivity index (χ2v) is 4.00. The highest BCUT2D eigenvalue weighted by molar-refractivity contribution is 6.06. The van der Waals surface area contributed by atoms with Crippen molar-refractivity contribution < 1.29 is 14.8 Å². The molecule has 0 unspecified atom stereocenters. The van der Waals surface area contributed by atoms with E-state index in [1.807, 2.05) is 0 Å². The zero-order valence-corrected chi connectivity index (χ0v) is 10.2. The maximum absolute atomic E-state index is 12.0. The van der Waals surface area contributed by atoms with E-state index in [-0.39, 0.29) is 22.7 Å². The summed E-state index contributed by atoms with van der Waals surface area (Å²) in [6, 6.07) is 9.81.